The summed E-state index contributed by atoms with van der Waals surface area (Å²) >= 11 is 0. The fourth-order valence-electron chi connectivity index (χ4n) is 3.47. The number of carbonyl (C=O) groups excluding carboxylic acids is 1. The number of likely N-dealkylation sites (tertiary alicyclic amines) is 1. The molecule has 7 nitrogen and oxygen atoms in total. The molecule has 0 bridgehead atoms. The van der Waals surface area contributed by atoms with E-state index in [4.69, 9.17) is 4.42 Å². The number of hydrogen-bond donors (Lipinski definition) is 1. The van der Waals surface area contributed by atoms with Gasteiger partial charge in [-0.15, -0.1) is 0 Å². The minimum absolute atomic E-state index is 0.0107. The predicted octanol–water partition coefficient (Wildman–Crippen LogP) is 3.81. The third-order valence-electron chi connectivity index (χ3n) is 4.98. The summed E-state index contributed by atoms with van der Waals surface area (Å²) in [5, 5.41) is 7.00. The van der Waals surface area contributed by atoms with Crippen LogP contribution in [0.2, 0.25) is 0 Å². The largest absolute Gasteiger partial charge is 0.443 e. The SMILES string of the molecule is Cc1nc(C2CCN(C(=O)c3ncoc3-c3cccc(C(F)(F)F)c3)CC2)n[nH]1. The van der Waals surface area contributed by atoms with E-state index in [1.165, 1.54) is 12.1 Å². The quantitative estimate of drug-likeness (QED) is 0.716. The number of oxazole rings is 1. The molecule has 1 aromatic carbocycles. The van der Waals surface area contributed by atoms with Gasteiger partial charge in [0.25, 0.3) is 5.91 Å². The van der Waals surface area contributed by atoms with Gasteiger partial charge in [0.1, 0.15) is 5.82 Å². The zero-order valence-corrected chi connectivity index (χ0v) is 15.5. The maximum absolute atomic E-state index is 13.0. The summed E-state index contributed by atoms with van der Waals surface area (Å²) in [6.45, 7) is 2.78. The van der Waals surface area contributed by atoms with Crippen LogP contribution in [0.5, 0.6) is 0 Å². The first-order chi connectivity index (χ1) is 13.8. The van der Waals surface area contributed by atoms with Gasteiger partial charge in [0.2, 0.25) is 0 Å². The van der Waals surface area contributed by atoms with Crippen LogP contribution in [0.4, 0.5) is 13.2 Å². The molecule has 3 aromatic rings. The average Bonchev–Trinajstić information content (AvgIpc) is 3.36. The van der Waals surface area contributed by atoms with Gasteiger partial charge in [-0.1, -0.05) is 12.1 Å². The summed E-state index contributed by atoms with van der Waals surface area (Å²) in [5.41, 5.74) is -0.643. The van der Waals surface area contributed by atoms with Gasteiger partial charge in [-0.3, -0.25) is 9.89 Å². The van der Waals surface area contributed by atoms with Gasteiger partial charge >= 0.3 is 6.18 Å². The van der Waals surface area contributed by atoms with Crippen LogP contribution in [0.3, 0.4) is 0 Å². The number of alkyl halides is 3. The van der Waals surface area contributed by atoms with Crippen LogP contribution in [0, 0.1) is 6.92 Å². The summed E-state index contributed by atoms with van der Waals surface area (Å²) in [5.74, 6) is 1.31. The Labute approximate surface area is 164 Å². The van der Waals surface area contributed by atoms with Crippen LogP contribution >= 0.6 is 0 Å². The maximum Gasteiger partial charge on any atom is 0.416 e. The normalized spacial score (nSPS) is 15.7. The Hall–Kier alpha value is -3.17. The lowest BCUT2D eigenvalue weighted by Gasteiger charge is -2.30. The lowest BCUT2D eigenvalue weighted by Crippen LogP contribution is -2.38. The van der Waals surface area contributed by atoms with E-state index in [0.717, 1.165) is 30.2 Å². The van der Waals surface area contributed by atoms with Crippen LogP contribution in [0.25, 0.3) is 11.3 Å². The number of piperidine rings is 1. The van der Waals surface area contributed by atoms with Gasteiger partial charge in [0.15, 0.2) is 23.7 Å². The van der Waals surface area contributed by atoms with Crippen molar-refractivity contribution in [2.45, 2.75) is 31.9 Å². The summed E-state index contributed by atoms with van der Waals surface area (Å²) < 4.78 is 44.3. The summed E-state index contributed by atoms with van der Waals surface area (Å²) in [4.78, 5) is 22.9. The molecular weight excluding hydrogens is 387 g/mol. The number of H-pyrrole nitrogens is 1. The number of aromatic nitrogens is 4. The minimum Gasteiger partial charge on any atom is -0.443 e. The van der Waals surface area contributed by atoms with E-state index in [0.29, 0.717) is 25.9 Å². The summed E-state index contributed by atoms with van der Waals surface area (Å²) in [7, 11) is 0. The number of benzene rings is 1. The molecule has 2 aromatic heterocycles. The van der Waals surface area contributed by atoms with Crippen molar-refractivity contribution in [2.24, 2.45) is 0 Å². The molecule has 0 saturated carbocycles. The third-order valence-corrected chi connectivity index (χ3v) is 4.98. The molecule has 0 spiro atoms. The predicted molar refractivity (Wildman–Crippen MR) is 95.9 cm³/mol. The smallest absolute Gasteiger partial charge is 0.416 e. The molecule has 0 radical (unpaired) electrons. The van der Waals surface area contributed by atoms with Crippen LogP contribution in [-0.4, -0.2) is 44.1 Å². The highest BCUT2D eigenvalue weighted by molar-refractivity contribution is 5.97. The molecule has 0 aliphatic carbocycles. The van der Waals surface area contributed by atoms with Crippen molar-refractivity contribution in [3.63, 3.8) is 0 Å². The van der Waals surface area contributed by atoms with Crippen molar-refractivity contribution in [3.05, 3.63) is 53.6 Å². The zero-order valence-electron chi connectivity index (χ0n) is 15.5. The van der Waals surface area contributed by atoms with E-state index in [2.05, 4.69) is 20.2 Å². The molecule has 1 aliphatic heterocycles. The second-order valence-corrected chi connectivity index (χ2v) is 6.95. The van der Waals surface area contributed by atoms with Crippen molar-refractivity contribution in [1.82, 2.24) is 25.1 Å². The molecular formula is C19H18F3N5O2. The van der Waals surface area contributed by atoms with Gasteiger partial charge < -0.3 is 9.32 Å². The summed E-state index contributed by atoms with van der Waals surface area (Å²) in [6.07, 6.45) is -2.02. The van der Waals surface area contributed by atoms with E-state index >= 15 is 0 Å². The second-order valence-electron chi connectivity index (χ2n) is 6.95. The van der Waals surface area contributed by atoms with Gasteiger partial charge in [0.05, 0.1) is 5.56 Å². The molecule has 0 atom stereocenters. The lowest BCUT2D eigenvalue weighted by atomic mass is 9.96. The molecule has 1 N–H and O–H groups in total. The van der Waals surface area contributed by atoms with Crippen molar-refractivity contribution < 1.29 is 22.4 Å². The van der Waals surface area contributed by atoms with Gasteiger partial charge in [-0.25, -0.2) is 9.97 Å². The topological polar surface area (TPSA) is 87.9 Å². The number of halogens is 3. The van der Waals surface area contributed by atoms with Gasteiger partial charge in [-0.2, -0.15) is 18.3 Å². The summed E-state index contributed by atoms with van der Waals surface area (Å²) in [6, 6.07) is 4.66. The number of carbonyl (C=O) groups is 1. The fourth-order valence-corrected chi connectivity index (χ4v) is 3.47. The number of nitrogens with one attached hydrogen (secondary N) is 1. The first kappa shape index (κ1) is 19.2. The van der Waals surface area contributed by atoms with E-state index < -0.39 is 11.7 Å². The second kappa shape index (κ2) is 7.34. The standard InChI is InChI=1S/C19H18F3N5O2/c1-11-24-17(26-25-11)12-5-7-27(8-6-12)18(28)15-16(29-10-23-15)13-3-2-4-14(9-13)19(20,21)22/h2-4,9-10,12H,5-8H2,1H3,(H,24,25,26). The van der Waals surface area contributed by atoms with Crippen LogP contribution < -0.4 is 0 Å². The highest BCUT2D eigenvalue weighted by Gasteiger charge is 2.32. The van der Waals surface area contributed by atoms with Crippen LogP contribution in [-0.2, 0) is 6.18 Å². The van der Waals surface area contributed by atoms with Gasteiger partial charge in [-0.05, 0) is 31.9 Å². The Bertz CT molecular complexity index is 1020. The number of amides is 1. The molecule has 1 amide bonds. The van der Waals surface area contributed by atoms with Crippen molar-refractivity contribution in [2.75, 3.05) is 13.1 Å². The van der Waals surface area contributed by atoms with E-state index in [-0.39, 0.29) is 28.8 Å². The molecule has 1 aliphatic rings. The third kappa shape index (κ3) is 3.87. The van der Waals surface area contributed by atoms with E-state index in [9.17, 15) is 18.0 Å². The molecule has 4 rings (SSSR count). The van der Waals surface area contributed by atoms with E-state index in [1.54, 1.807) is 4.90 Å². The Balaban J connectivity index is 1.51. The van der Waals surface area contributed by atoms with Crippen molar-refractivity contribution in [1.29, 1.82) is 0 Å². The Kier molecular flexibility index (Phi) is 4.85. The Morgan fingerprint density at radius 1 is 1.28 bits per heavy atom. The highest BCUT2D eigenvalue weighted by Crippen LogP contribution is 2.34. The van der Waals surface area contributed by atoms with Crippen molar-refractivity contribution in [3.8, 4) is 11.3 Å². The molecule has 0 unspecified atom stereocenters. The van der Waals surface area contributed by atoms with Crippen LogP contribution in [0.1, 0.15) is 46.5 Å². The van der Waals surface area contributed by atoms with Crippen LogP contribution in [0.15, 0.2) is 35.1 Å². The maximum atomic E-state index is 13.0. The minimum atomic E-state index is -4.49. The zero-order chi connectivity index (χ0) is 20.6. The molecule has 1 saturated heterocycles. The Morgan fingerprint density at radius 3 is 2.69 bits per heavy atom. The molecule has 29 heavy (non-hydrogen) atoms. The molecule has 3 heterocycles. The molecule has 1 fully saturated rings. The molecule has 10 heteroatoms. The number of aromatic amines is 1. The fraction of sp³-hybridized carbons (Fsp3) is 0.368. The monoisotopic (exact) mass is 405 g/mol. The first-order valence-corrected chi connectivity index (χ1v) is 9.12. The number of rotatable bonds is 3. The average molecular weight is 405 g/mol. The first-order valence-electron chi connectivity index (χ1n) is 9.12. The van der Waals surface area contributed by atoms with E-state index in [1.807, 2.05) is 6.92 Å². The number of aryl methyl sites for hydroxylation is 1. The van der Waals surface area contributed by atoms with Crippen molar-refractivity contribution >= 4 is 5.91 Å². The number of hydrogen-bond acceptors (Lipinski definition) is 5. The van der Waals surface area contributed by atoms with Gasteiger partial charge in [0, 0.05) is 24.6 Å². The Morgan fingerprint density at radius 2 is 2.03 bits per heavy atom. The highest BCUT2D eigenvalue weighted by atomic mass is 19.4. The number of nitrogens with zero attached hydrogens (tertiary/aromatic N) is 4. The lowest BCUT2D eigenvalue weighted by molar-refractivity contribution is -0.137. The molecule has 152 valence electrons.